The fraction of sp³-hybridized carbons (Fsp3) is 0.706. The van der Waals surface area contributed by atoms with E-state index in [9.17, 15) is 4.79 Å². The van der Waals surface area contributed by atoms with Crippen molar-refractivity contribution < 1.29 is 9.53 Å². The van der Waals surface area contributed by atoms with Crippen LogP contribution in [0.15, 0.2) is 22.6 Å². The Hall–Kier alpha value is -0.900. The number of carbonyl (C=O) groups excluding carboxylic acids is 1. The van der Waals surface area contributed by atoms with Gasteiger partial charge in [0.05, 0.1) is 0 Å². The molecular weight excluding hydrogens is 282 g/mol. The van der Waals surface area contributed by atoms with Crippen molar-refractivity contribution in [3.05, 3.63) is 22.6 Å². The SMILES string of the molecule is C=C(C)C1=C(SC)CCC(NC(=O)OC(C)(C)C)C1.CC. The third-order valence-corrected chi connectivity index (χ3v) is 3.93. The van der Waals surface area contributed by atoms with Crippen molar-refractivity contribution in [3.8, 4) is 0 Å². The molecule has 1 rings (SSSR count). The zero-order valence-electron chi connectivity index (χ0n) is 14.6. The van der Waals surface area contributed by atoms with Crippen LogP contribution in [0, 0.1) is 0 Å². The van der Waals surface area contributed by atoms with Crippen molar-refractivity contribution in [2.45, 2.75) is 72.4 Å². The Morgan fingerprint density at radius 3 is 2.38 bits per heavy atom. The molecule has 1 amide bonds. The van der Waals surface area contributed by atoms with Crippen molar-refractivity contribution in [1.29, 1.82) is 0 Å². The predicted octanol–water partition coefficient (Wildman–Crippen LogP) is 5.28. The van der Waals surface area contributed by atoms with Crippen LogP contribution in [0.25, 0.3) is 0 Å². The first-order valence-corrected chi connectivity index (χ1v) is 8.87. The summed E-state index contributed by atoms with van der Waals surface area (Å²) in [5, 5.41) is 2.96. The first kappa shape index (κ1) is 20.1. The van der Waals surface area contributed by atoms with Gasteiger partial charge < -0.3 is 10.1 Å². The van der Waals surface area contributed by atoms with Crippen molar-refractivity contribution in [1.82, 2.24) is 5.32 Å². The quantitative estimate of drug-likeness (QED) is 0.770. The highest BCUT2D eigenvalue weighted by Gasteiger charge is 2.24. The monoisotopic (exact) mass is 313 g/mol. The maximum absolute atomic E-state index is 11.8. The number of carbonyl (C=O) groups is 1. The number of hydrogen-bond donors (Lipinski definition) is 1. The van der Waals surface area contributed by atoms with Crippen molar-refractivity contribution in [3.63, 3.8) is 0 Å². The van der Waals surface area contributed by atoms with Gasteiger partial charge in [0.2, 0.25) is 0 Å². The molecule has 1 N–H and O–H groups in total. The minimum atomic E-state index is -0.448. The van der Waals surface area contributed by atoms with E-state index in [2.05, 4.69) is 18.2 Å². The Bertz CT molecular complexity index is 394. The second kappa shape index (κ2) is 9.19. The van der Waals surface area contributed by atoms with E-state index in [1.165, 1.54) is 10.5 Å². The van der Waals surface area contributed by atoms with Gasteiger partial charge in [-0.3, -0.25) is 0 Å². The van der Waals surface area contributed by atoms with Gasteiger partial charge in [0.25, 0.3) is 0 Å². The molecule has 1 aliphatic rings. The lowest BCUT2D eigenvalue weighted by atomic mass is 9.91. The van der Waals surface area contributed by atoms with Crippen LogP contribution in [0.4, 0.5) is 4.79 Å². The molecule has 122 valence electrons. The predicted molar refractivity (Wildman–Crippen MR) is 93.7 cm³/mol. The van der Waals surface area contributed by atoms with E-state index in [0.717, 1.165) is 24.8 Å². The lowest BCUT2D eigenvalue weighted by Crippen LogP contribution is -2.40. The molecule has 0 radical (unpaired) electrons. The average Bonchev–Trinajstić information content (AvgIpc) is 2.38. The average molecular weight is 314 g/mol. The molecule has 3 nitrogen and oxygen atoms in total. The molecule has 4 heteroatoms. The van der Waals surface area contributed by atoms with Crippen LogP contribution in [0.2, 0.25) is 0 Å². The molecular formula is C17H31NO2S. The standard InChI is InChI=1S/C15H25NO2S.C2H6/c1-10(2)12-9-11(7-8-13(12)19-6)16-14(17)18-15(3,4)5;1-2/h11H,1,7-9H2,2-6H3,(H,16,17);1-2H3. The number of allylic oxidation sites excluding steroid dienone is 2. The Balaban J connectivity index is 0.00000191. The van der Waals surface area contributed by atoms with Crippen LogP contribution in [-0.2, 0) is 4.74 Å². The summed E-state index contributed by atoms with van der Waals surface area (Å²) in [5.74, 6) is 0. The molecule has 0 saturated carbocycles. The van der Waals surface area contributed by atoms with Gasteiger partial charge in [-0.2, -0.15) is 0 Å². The summed E-state index contributed by atoms with van der Waals surface area (Å²) in [5.41, 5.74) is 1.94. The second-order valence-electron chi connectivity index (χ2n) is 5.97. The van der Waals surface area contributed by atoms with E-state index in [4.69, 9.17) is 4.74 Å². The van der Waals surface area contributed by atoms with E-state index >= 15 is 0 Å². The second-order valence-corrected chi connectivity index (χ2v) is 6.87. The van der Waals surface area contributed by atoms with Gasteiger partial charge >= 0.3 is 6.09 Å². The topological polar surface area (TPSA) is 38.3 Å². The number of ether oxygens (including phenoxy) is 1. The molecule has 1 unspecified atom stereocenters. The molecule has 0 spiro atoms. The molecule has 0 heterocycles. The summed E-state index contributed by atoms with van der Waals surface area (Å²) in [6, 6.07) is 0.150. The summed E-state index contributed by atoms with van der Waals surface area (Å²) in [7, 11) is 0. The number of alkyl carbamates (subject to hydrolysis) is 1. The fourth-order valence-corrected chi connectivity index (χ4v) is 2.98. The van der Waals surface area contributed by atoms with Crippen LogP contribution in [-0.4, -0.2) is 24.0 Å². The molecule has 0 saturated heterocycles. The third-order valence-electron chi connectivity index (χ3n) is 2.99. The van der Waals surface area contributed by atoms with Crippen LogP contribution in [0.1, 0.15) is 60.8 Å². The fourth-order valence-electron chi connectivity index (χ4n) is 2.15. The van der Waals surface area contributed by atoms with Gasteiger partial charge in [-0.1, -0.05) is 26.0 Å². The zero-order valence-corrected chi connectivity index (χ0v) is 15.4. The summed E-state index contributed by atoms with van der Waals surface area (Å²) in [6.07, 6.45) is 4.59. The van der Waals surface area contributed by atoms with Crippen molar-refractivity contribution in [2.24, 2.45) is 0 Å². The molecule has 0 fully saturated rings. The smallest absolute Gasteiger partial charge is 0.407 e. The Morgan fingerprint density at radius 2 is 1.95 bits per heavy atom. The Morgan fingerprint density at radius 1 is 1.38 bits per heavy atom. The largest absolute Gasteiger partial charge is 0.444 e. The van der Waals surface area contributed by atoms with Gasteiger partial charge in [-0.15, -0.1) is 11.8 Å². The molecule has 21 heavy (non-hydrogen) atoms. The maximum atomic E-state index is 11.8. The molecule has 1 aliphatic carbocycles. The Kier molecular flexibility index (Phi) is 8.79. The highest BCUT2D eigenvalue weighted by atomic mass is 32.2. The number of rotatable bonds is 3. The van der Waals surface area contributed by atoms with Crippen molar-refractivity contribution in [2.75, 3.05) is 6.26 Å². The lowest BCUT2D eigenvalue weighted by Gasteiger charge is -2.29. The molecule has 1 atom stereocenters. The number of nitrogens with one attached hydrogen (secondary N) is 1. The van der Waals surface area contributed by atoms with Crippen LogP contribution in [0.3, 0.4) is 0 Å². The minimum Gasteiger partial charge on any atom is -0.444 e. The van der Waals surface area contributed by atoms with E-state index in [-0.39, 0.29) is 12.1 Å². The molecule has 0 aromatic heterocycles. The number of amides is 1. The first-order valence-electron chi connectivity index (χ1n) is 7.64. The van der Waals surface area contributed by atoms with Crippen LogP contribution < -0.4 is 5.32 Å². The lowest BCUT2D eigenvalue weighted by molar-refractivity contribution is 0.0501. The molecule has 0 bridgehead atoms. The van der Waals surface area contributed by atoms with E-state index in [0.29, 0.717) is 0 Å². The summed E-state index contributed by atoms with van der Waals surface area (Å²) >= 11 is 1.79. The number of thioether (sulfide) groups is 1. The highest BCUT2D eigenvalue weighted by Crippen LogP contribution is 2.34. The number of hydrogen-bond acceptors (Lipinski definition) is 3. The maximum Gasteiger partial charge on any atom is 0.407 e. The van der Waals surface area contributed by atoms with Gasteiger partial charge in [0.15, 0.2) is 0 Å². The zero-order chi connectivity index (χ0) is 16.6. The summed E-state index contributed by atoms with van der Waals surface area (Å²) in [4.78, 5) is 13.2. The Labute approximate surface area is 134 Å². The van der Waals surface area contributed by atoms with E-state index in [1.54, 1.807) is 11.8 Å². The van der Waals surface area contributed by atoms with Gasteiger partial charge in [0, 0.05) is 6.04 Å². The van der Waals surface area contributed by atoms with E-state index in [1.807, 2.05) is 41.5 Å². The van der Waals surface area contributed by atoms with Crippen LogP contribution >= 0.6 is 11.8 Å². The molecule has 0 aromatic rings. The van der Waals surface area contributed by atoms with E-state index < -0.39 is 5.60 Å². The molecule has 0 aliphatic heterocycles. The first-order chi connectivity index (χ1) is 9.73. The summed E-state index contributed by atoms with van der Waals surface area (Å²) < 4.78 is 5.30. The van der Waals surface area contributed by atoms with Gasteiger partial charge in [0.1, 0.15) is 5.60 Å². The van der Waals surface area contributed by atoms with Gasteiger partial charge in [-0.25, -0.2) is 4.79 Å². The van der Waals surface area contributed by atoms with Crippen LogP contribution in [0.5, 0.6) is 0 Å². The minimum absolute atomic E-state index is 0.150. The highest BCUT2D eigenvalue weighted by molar-refractivity contribution is 8.02. The molecule has 0 aromatic carbocycles. The van der Waals surface area contributed by atoms with Gasteiger partial charge in [-0.05, 0) is 63.7 Å². The van der Waals surface area contributed by atoms with Crippen molar-refractivity contribution >= 4 is 17.9 Å². The normalized spacial score (nSPS) is 18.5. The summed E-state index contributed by atoms with van der Waals surface area (Å²) in [6.45, 7) is 15.7. The third kappa shape index (κ3) is 7.60.